The second kappa shape index (κ2) is 5.88. The van der Waals surface area contributed by atoms with Gasteiger partial charge in [-0.2, -0.15) is 0 Å². The Morgan fingerprint density at radius 1 is 1.25 bits per heavy atom. The van der Waals surface area contributed by atoms with Crippen LogP contribution in [0.4, 0.5) is 4.79 Å². The van der Waals surface area contributed by atoms with Crippen molar-refractivity contribution in [2.45, 2.75) is 19.4 Å². The van der Waals surface area contributed by atoms with E-state index in [0.717, 1.165) is 10.8 Å². The zero-order valence-electron chi connectivity index (χ0n) is 13.3. The molecule has 6 heteroatoms. The van der Waals surface area contributed by atoms with Crippen molar-refractivity contribution in [3.8, 4) is 0 Å². The Morgan fingerprint density at radius 3 is 2.67 bits per heavy atom. The van der Waals surface area contributed by atoms with Crippen LogP contribution >= 0.6 is 0 Å². The molecule has 1 heterocycles. The largest absolute Gasteiger partial charge is 0.501 e. The fraction of sp³-hybridized carbons (Fsp3) is 0.222. The topological polar surface area (TPSA) is 84.9 Å². The predicted octanol–water partition coefficient (Wildman–Crippen LogP) is 3.13. The molecule has 1 aliphatic heterocycles. The average molecular weight is 327 g/mol. The number of nitrogens with one attached hydrogen (secondary N) is 1. The number of amides is 1. The molecule has 1 aliphatic rings. The van der Waals surface area contributed by atoms with E-state index in [1.165, 1.54) is 0 Å². The van der Waals surface area contributed by atoms with Gasteiger partial charge in [0.25, 0.3) is 5.78 Å². The van der Waals surface area contributed by atoms with Gasteiger partial charge in [0, 0.05) is 5.56 Å². The molecule has 0 bridgehead atoms. The van der Waals surface area contributed by atoms with Gasteiger partial charge in [-0.05, 0) is 30.7 Å². The van der Waals surface area contributed by atoms with Crippen LogP contribution in [0.25, 0.3) is 10.8 Å². The van der Waals surface area contributed by atoms with Crippen LogP contribution < -0.4 is 5.32 Å². The molecule has 0 aliphatic carbocycles. The normalized spacial score (nSPS) is 20.2. The lowest BCUT2D eigenvalue weighted by atomic mass is 9.90. The summed E-state index contributed by atoms with van der Waals surface area (Å²) in [6.45, 7) is 3.36. The van der Waals surface area contributed by atoms with Gasteiger partial charge in [-0.25, -0.2) is 4.79 Å². The Balaban J connectivity index is 1.93. The Kier molecular flexibility index (Phi) is 3.89. The molecule has 124 valence electrons. The summed E-state index contributed by atoms with van der Waals surface area (Å²) < 4.78 is 10.3. The Bertz CT molecular complexity index is 857. The molecule has 2 aromatic carbocycles. The fourth-order valence-electron chi connectivity index (χ4n) is 2.65. The zero-order valence-corrected chi connectivity index (χ0v) is 13.3. The minimum absolute atomic E-state index is 0.162. The number of benzene rings is 2. The lowest BCUT2D eigenvalue weighted by Gasteiger charge is -2.24. The van der Waals surface area contributed by atoms with E-state index in [1.54, 1.807) is 19.9 Å². The number of alkyl carbamates (subject to hydrolysis) is 1. The number of ketones is 1. The molecule has 24 heavy (non-hydrogen) atoms. The van der Waals surface area contributed by atoms with Gasteiger partial charge in [0.05, 0.1) is 6.61 Å². The third-order valence-electron chi connectivity index (χ3n) is 3.96. The first-order valence-corrected chi connectivity index (χ1v) is 7.56. The van der Waals surface area contributed by atoms with Crippen molar-refractivity contribution in [3.05, 3.63) is 59.7 Å². The second-order valence-corrected chi connectivity index (χ2v) is 5.55. The van der Waals surface area contributed by atoms with Crippen molar-refractivity contribution in [1.29, 1.82) is 0 Å². The van der Waals surface area contributed by atoms with E-state index >= 15 is 0 Å². The molecular weight excluding hydrogens is 310 g/mol. The average Bonchev–Trinajstić information content (AvgIpc) is 2.79. The van der Waals surface area contributed by atoms with Gasteiger partial charge in [0.2, 0.25) is 11.6 Å². The number of rotatable bonds is 3. The van der Waals surface area contributed by atoms with Gasteiger partial charge in [0.15, 0.2) is 5.60 Å². The molecule has 3 rings (SSSR count). The quantitative estimate of drug-likeness (QED) is 0.905. The summed E-state index contributed by atoms with van der Waals surface area (Å²) >= 11 is 0. The number of ether oxygens (including phenoxy) is 2. The maximum atomic E-state index is 12.5. The highest BCUT2D eigenvalue weighted by molar-refractivity contribution is 6.03. The minimum Gasteiger partial charge on any atom is -0.501 e. The third kappa shape index (κ3) is 2.56. The van der Waals surface area contributed by atoms with E-state index in [1.807, 2.05) is 36.4 Å². The number of fused-ring (bicyclic) bond motifs is 1. The summed E-state index contributed by atoms with van der Waals surface area (Å²) in [4.78, 5) is 24.0. The highest BCUT2D eigenvalue weighted by Crippen LogP contribution is 2.38. The summed E-state index contributed by atoms with van der Waals surface area (Å²) in [7, 11) is 0. The predicted molar refractivity (Wildman–Crippen MR) is 87.2 cm³/mol. The number of hydrogen-bond acceptors (Lipinski definition) is 5. The van der Waals surface area contributed by atoms with Crippen molar-refractivity contribution in [2.24, 2.45) is 0 Å². The summed E-state index contributed by atoms with van der Waals surface area (Å²) in [6.07, 6.45) is -0.797. The van der Waals surface area contributed by atoms with Crippen molar-refractivity contribution >= 4 is 22.6 Å². The number of carbonyl (C=O) groups is 2. The summed E-state index contributed by atoms with van der Waals surface area (Å²) in [6, 6.07) is 13.2. The van der Waals surface area contributed by atoms with Gasteiger partial charge in [-0.3, -0.25) is 10.1 Å². The molecular formula is C18H17NO5. The fourth-order valence-corrected chi connectivity index (χ4v) is 2.65. The summed E-state index contributed by atoms with van der Waals surface area (Å²) in [5, 5.41) is 14.2. The van der Waals surface area contributed by atoms with Crippen molar-refractivity contribution in [3.63, 3.8) is 0 Å². The molecule has 1 atom stereocenters. The van der Waals surface area contributed by atoms with E-state index in [0.29, 0.717) is 5.56 Å². The molecule has 0 saturated carbocycles. The molecule has 1 amide bonds. The Hall–Kier alpha value is -3.02. The lowest BCUT2D eigenvalue weighted by molar-refractivity contribution is -0.131. The molecule has 0 saturated heterocycles. The molecule has 1 unspecified atom stereocenters. The second-order valence-electron chi connectivity index (χ2n) is 5.55. The first-order chi connectivity index (χ1) is 11.5. The Labute approximate surface area is 138 Å². The Morgan fingerprint density at radius 2 is 1.96 bits per heavy atom. The first-order valence-electron chi connectivity index (χ1n) is 7.56. The molecule has 2 aromatic rings. The van der Waals surface area contributed by atoms with E-state index in [9.17, 15) is 14.7 Å². The number of aliphatic hydroxyl groups excluding tert-OH is 1. The highest BCUT2D eigenvalue weighted by Gasteiger charge is 2.48. The van der Waals surface area contributed by atoms with Crippen molar-refractivity contribution < 1.29 is 24.2 Å². The smallest absolute Gasteiger partial charge is 0.414 e. The van der Waals surface area contributed by atoms with E-state index in [2.05, 4.69) is 5.32 Å². The molecule has 0 spiro atoms. The number of Topliss-reactive ketones (excluding diaryl/α,β-unsaturated/α-hetero) is 1. The molecule has 2 N–H and O–H groups in total. The molecule has 6 nitrogen and oxygen atoms in total. The van der Waals surface area contributed by atoms with E-state index in [4.69, 9.17) is 9.47 Å². The number of carbonyl (C=O) groups excluding carboxylic acids is 2. The van der Waals surface area contributed by atoms with Gasteiger partial charge in [-0.1, -0.05) is 36.4 Å². The van der Waals surface area contributed by atoms with Crippen molar-refractivity contribution in [2.75, 3.05) is 6.61 Å². The van der Waals surface area contributed by atoms with Crippen LogP contribution in [-0.2, 0) is 19.9 Å². The van der Waals surface area contributed by atoms with Gasteiger partial charge < -0.3 is 14.6 Å². The maximum Gasteiger partial charge on any atom is 0.414 e. The molecule has 0 aromatic heterocycles. The van der Waals surface area contributed by atoms with Crippen LogP contribution in [0.15, 0.2) is 54.1 Å². The van der Waals surface area contributed by atoms with Crippen LogP contribution in [0.3, 0.4) is 0 Å². The number of aliphatic hydroxyl groups is 1. The van der Waals surface area contributed by atoms with Crippen LogP contribution in [0.5, 0.6) is 0 Å². The van der Waals surface area contributed by atoms with E-state index < -0.39 is 23.2 Å². The number of hydrogen-bond donors (Lipinski definition) is 2. The SMILES string of the molecule is CCOC(=O)NC1=C(O)C(=O)C(C)(c2ccc3ccccc3c2)O1. The summed E-state index contributed by atoms with van der Waals surface area (Å²) in [5.41, 5.74) is -0.832. The van der Waals surface area contributed by atoms with Gasteiger partial charge in [-0.15, -0.1) is 0 Å². The molecule has 0 fully saturated rings. The van der Waals surface area contributed by atoms with Crippen LogP contribution in [-0.4, -0.2) is 23.6 Å². The lowest BCUT2D eigenvalue weighted by Crippen LogP contribution is -2.32. The zero-order chi connectivity index (χ0) is 17.3. The van der Waals surface area contributed by atoms with E-state index in [-0.39, 0.29) is 12.5 Å². The highest BCUT2D eigenvalue weighted by atomic mass is 16.6. The van der Waals surface area contributed by atoms with Gasteiger partial charge in [0.1, 0.15) is 0 Å². The third-order valence-corrected chi connectivity index (χ3v) is 3.96. The van der Waals surface area contributed by atoms with Gasteiger partial charge >= 0.3 is 6.09 Å². The standard InChI is InChI=1S/C18H17NO5/c1-3-23-17(22)19-16-14(20)15(21)18(2,24-16)13-9-8-11-6-4-5-7-12(11)10-13/h4-10,20H,3H2,1-2H3,(H,19,22). The first kappa shape index (κ1) is 15.9. The minimum atomic E-state index is -1.41. The van der Waals surface area contributed by atoms with Crippen molar-refractivity contribution in [1.82, 2.24) is 5.32 Å². The maximum absolute atomic E-state index is 12.5. The van der Waals surface area contributed by atoms with Crippen LogP contribution in [0.1, 0.15) is 19.4 Å². The molecule has 0 radical (unpaired) electrons. The summed E-state index contributed by atoms with van der Waals surface area (Å²) in [5.74, 6) is -1.54. The monoisotopic (exact) mass is 327 g/mol. The van der Waals surface area contributed by atoms with Crippen LogP contribution in [0, 0.1) is 0 Å². The van der Waals surface area contributed by atoms with Crippen LogP contribution in [0.2, 0.25) is 0 Å².